The Morgan fingerprint density at radius 2 is 1.83 bits per heavy atom. The Balaban J connectivity index is 0.843. The van der Waals surface area contributed by atoms with E-state index in [-0.39, 0.29) is 48.8 Å². The van der Waals surface area contributed by atoms with Gasteiger partial charge in [-0.25, -0.2) is 4.98 Å². The number of nitriles is 1. The number of thiophene rings is 1. The van der Waals surface area contributed by atoms with Gasteiger partial charge in [-0.2, -0.15) is 10.4 Å². The summed E-state index contributed by atoms with van der Waals surface area (Å²) >= 11 is 7.84. The number of fused-ring (bicyclic) bond motifs is 3. The number of oxazole rings is 1. The van der Waals surface area contributed by atoms with Crippen LogP contribution in [-0.4, -0.2) is 73.2 Å². The quantitative estimate of drug-likeness (QED) is 0.136. The molecule has 17 heteroatoms. The van der Waals surface area contributed by atoms with Crippen LogP contribution in [0.3, 0.4) is 0 Å². The smallest absolute Gasteiger partial charge is 0.272 e. The van der Waals surface area contributed by atoms with E-state index in [0.29, 0.717) is 34.3 Å². The van der Waals surface area contributed by atoms with E-state index < -0.39 is 0 Å². The van der Waals surface area contributed by atoms with Crippen molar-refractivity contribution >= 4 is 46.2 Å². The van der Waals surface area contributed by atoms with Crippen molar-refractivity contribution in [1.82, 2.24) is 40.6 Å². The largest absolute Gasteiger partial charge is 0.490 e. The number of aryl methyl sites for hydroxylation is 2. The summed E-state index contributed by atoms with van der Waals surface area (Å²) in [5.41, 5.74) is 5.99. The van der Waals surface area contributed by atoms with E-state index >= 15 is 0 Å². The zero-order chi connectivity index (χ0) is 41.9. The molecular formula is C43H42ClN11O4S. The molecule has 1 fully saturated rings. The van der Waals surface area contributed by atoms with Gasteiger partial charge in [0.25, 0.3) is 5.91 Å². The summed E-state index contributed by atoms with van der Waals surface area (Å²) in [5.74, 6) is 2.23. The molecule has 4 aromatic heterocycles. The van der Waals surface area contributed by atoms with Crippen LogP contribution < -0.4 is 20.3 Å². The van der Waals surface area contributed by atoms with E-state index in [0.717, 1.165) is 70.4 Å². The summed E-state index contributed by atoms with van der Waals surface area (Å²) in [6, 6.07) is 18.0. The zero-order valence-electron chi connectivity index (χ0n) is 33.5. The van der Waals surface area contributed by atoms with Crippen molar-refractivity contribution in [2.24, 2.45) is 4.99 Å². The van der Waals surface area contributed by atoms with Gasteiger partial charge in [0.15, 0.2) is 17.4 Å². The maximum Gasteiger partial charge on any atom is 0.272 e. The first-order valence-electron chi connectivity index (χ1n) is 19.6. The number of ether oxygens (including phenoxy) is 1. The number of rotatable bonds is 12. The van der Waals surface area contributed by atoms with E-state index in [1.807, 2.05) is 49.2 Å². The standard InChI is InChI=1S/C43H42ClN11O4S/c1-24-25(2)60-43-39(24)40(49-36(20-38-46-17-18-58-38)41-53-50-26(3)55(41)43)27-5-11-31(12-6-27)54(4)23-37(56)47-22-30-10-16-35(52-51-30)42(57)48-29-8-14-32(15-9-29)59-33-13-7-28(21-45)34(44)19-33/h5-7,10-13,16-19,29,32,36H,8-9,14-15,20,22-23H2,1-4H3,(H,47,56)(H,48,57)/t29?,32?,36-/m0/s1. The lowest BCUT2D eigenvalue weighted by Gasteiger charge is -2.29. The second-order valence-electron chi connectivity index (χ2n) is 14.9. The molecule has 2 aromatic carbocycles. The highest BCUT2D eigenvalue weighted by atomic mass is 35.5. The molecule has 0 spiro atoms. The van der Waals surface area contributed by atoms with Gasteiger partial charge >= 0.3 is 0 Å². The minimum absolute atomic E-state index is 0.00576. The van der Waals surface area contributed by atoms with Crippen molar-refractivity contribution in [1.29, 1.82) is 5.26 Å². The lowest BCUT2D eigenvalue weighted by atomic mass is 9.93. The van der Waals surface area contributed by atoms with Crippen LogP contribution >= 0.6 is 22.9 Å². The molecule has 306 valence electrons. The fraction of sp³-hybridized carbons (Fsp3) is 0.326. The van der Waals surface area contributed by atoms with Gasteiger partial charge in [0.2, 0.25) is 5.91 Å². The maximum absolute atomic E-state index is 13.0. The first-order valence-corrected chi connectivity index (χ1v) is 20.8. The van der Waals surface area contributed by atoms with Crippen molar-refractivity contribution in [2.75, 3.05) is 18.5 Å². The van der Waals surface area contributed by atoms with Crippen molar-refractivity contribution in [3.05, 3.63) is 128 Å². The van der Waals surface area contributed by atoms with Gasteiger partial charge in [0, 0.05) is 40.8 Å². The van der Waals surface area contributed by atoms with E-state index in [2.05, 4.69) is 54.4 Å². The summed E-state index contributed by atoms with van der Waals surface area (Å²) in [7, 11) is 1.86. The Kier molecular flexibility index (Phi) is 11.7. The summed E-state index contributed by atoms with van der Waals surface area (Å²) in [6.45, 7) is 6.46. The van der Waals surface area contributed by atoms with Gasteiger partial charge in [-0.1, -0.05) is 23.7 Å². The van der Waals surface area contributed by atoms with E-state index in [9.17, 15) is 9.59 Å². The number of anilines is 1. The molecule has 8 rings (SSSR count). The number of aliphatic imine (C=N–C) groups is 1. The number of aromatic nitrogens is 6. The average Bonchev–Trinajstić information content (AvgIpc) is 3.96. The highest BCUT2D eigenvalue weighted by molar-refractivity contribution is 7.15. The molecule has 1 aliphatic heterocycles. The van der Waals surface area contributed by atoms with Gasteiger partial charge in [-0.05, 0) is 88.4 Å². The summed E-state index contributed by atoms with van der Waals surface area (Å²) in [4.78, 5) is 38.7. The van der Waals surface area contributed by atoms with E-state index in [4.69, 9.17) is 31.0 Å². The van der Waals surface area contributed by atoms with Crippen LogP contribution in [0.25, 0.3) is 5.00 Å². The Bertz CT molecular complexity index is 2590. The van der Waals surface area contributed by atoms with Crippen LogP contribution in [0, 0.1) is 32.1 Å². The Morgan fingerprint density at radius 1 is 1.03 bits per heavy atom. The second kappa shape index (κ2) is 17.4. The number of likely N-dealkylation sites (N-methyl/N-ethyl adjacent to an activating group) is 1. The predicted octanol–water partition coefficient (Wildman–Crippen LogP) is 6.56. The Labute approximate surface area is 355 Å². The molecule has 1 aliphatic carbocycles. The average molecular weight is 844 g/mol. The van der Waals surface area contributed by atoms with Crippen molar-refractivity contribution in [2.45, 2.75) is 77.6 Å². The van der Waals surface area contributed by atoms with Crippen molar-refractivity contribution in [3.63, 3.8) is 0 Å². The highest BCUT2D eigenvalue weighted by Gasteiger charge is 2.32. The van der Waals surface area contributed by atoms with Gasteiger partial charge in [-0.15, -0.1) is 26.6 Å². The zero-order valence-corrected chi connectivity index (χ0v) is 35.0. The molecule has 0 bridgehead atoms. The first kappa shape index (κ1) is 40.3. The lowest BCUT2D eigenvalue weighted by molar-refractivity contribution is -0.119. The van der Waals surface area contributed by atoms with Crippen LogP contribution in [-0.2, 0) is 17.8 Å². The molecule has 2 N–H and O–H groups in total. The third-order valence-corrected chi connectivity index (χ3v) is 12.4. The number of hydrogen-bond acceptors (Lipinski definition) is 13. The molecule has 0 radical (unpaired) electrons. The van der Waals surface area contributed by atoms with Crippen molar-refractivity contribution in [3.8, 4) is 16.8 Å². The summed E-state index contributed by atoms with van der Waals surface area (Å²) in [6.07, 6.45) is 6.63. The fourth-order valence-corrected chi connectivity index (χ4v) is 8.91. The second-order valence-corrected chi connectivity index (χ2v) is 16.5. The summed E-state index contributed by atoms with van der Waals surface area (Å²) in [5, 5.41) is 33.7. The summed E-state index contributed by atoms with van der Waals surface area (Å²) < 4.78 is 13.8. The minimum Gasteiger partial charge on any atom is -0.490 e. The SMILES string of the molecule is Cc1sc2c(c1C)C(c1ccc(N(C)CC(=O)NCc3ccc(C(=O)NC4CCC(Oc5ccc(C#N)c(Cl)c5)CC4)nn3)cc1)=N[C@@H](Cc1ncco1)c1nnc(C)n1-2. The van der Waals surface area contributed by atoms with Crippen LogP contribution in [0.1, 0.15) is 92.6 Å². The molecule has 2 amide bonds. The van der Waals surface area contributed by atoms with E-state index in [1.165, 1.54) is 4.88 Å². The highest BCUT2D eigenvalue weighted by Crippen LogP contribution is 2.39. The lowest BCUT2D eigenvalue weighted by Crippen LogP contribution is -2.40. The number of amides is 2. The molecular weight excluding hydrogens is 802 g/mol. The fourth-order valence-electron chi connectivity index (χ4n) is 7.48. The molecule has 0 unspecified atom stereocenters. The predicted molar refractivity (Wildman–Crippen MR) is 226 cm³/mol. The number of carbonyl (C=O) groups is 2. The maximum atomic E-state index is 13.0. The normalized spacial score (nSPS) is 17.1. The first-order chi connectivity index (χ1) is 29.0. The molecule has 2 aliphatic rings. The van der Waals surface area contributed by atoms with E-state index in [1.54, 1.807) is 54.1 Å². The number of benzene rings is 2. The molecule has 15 nitrogen and oxygen atoms in total. The number of nitrogens with one attached hydrogen (secondary N) is 2. The molecule has 5 heterocycles. The molecule has 1 saturated carbocycles. The van der Waals surface area contributed by atoms with Gasteiger partial charge < -0.3 is 24.7 Å². The Hall–Kier alpha value is -6.44. The Morgan fingerprint density at radius 3 is 2.53 bits per heavy atom. The number of carbonyl (C=O) groups excluding carboxylic acids is 2. The van der Waals surface area contributed by atoms with Crippen molar-refractivity contribution < 1.29 is 18.7 Å². The van der Waals surface area contributed by atoms with Crippen LogP contribution in [0.5, 0.6) is 5.75 Å². The van der Waals surface area contributed by atoms with Gasteiger partial charge in [-0.3, -0.25) is 19.1 Å². The molecule has 6 aromatic rings. The topological polar surface area (TPSA) is 189 Å². The molecule has 1 atom stereocenters. The third-order valence-electron chi connectivity index (χ3n) is 10.8. The monoisotopic (exact) mass is 843 g/mol. The van der Waals surface area contributed by atoms with Crippen LogP contribution in [0.2, 0.25) is 5.02 Å². The van der Waals surface area contributed by atoms with Gasteiger partial charge in [0.1, 0.15) is 34.9 Å². The van der Waals surface area contributed by atoms with Gasteiger partial charge in [0.05, 0.1) is 53.8 Å². The van der Waals surface area contributed by atoms with Crippen LogP contribution in [0.4, 0.5) is 5.69 Å². The van der Waals surface area contributed by atoms with Crippen LogP contribution in [0.15, 0.2) is 76.5 Å². The number of halogens is 1. The molecule has 0 saturated heterocycles. The number of hydrogen-bond donors (Lipinski definition) is 2. The minimum atomic E-state index is -0.371. The number of nitrogens with zero attached hydrogens (tertiary/aromatic N) is 9. The molecule has 60 heavy (non-hydrogen) atoms. The third kappa shape index (κ3) is 8.63.